The Balaban J connectivity index is 1.61. The van der Waals surface area contributed by atoms with E-state index in [1.165, 1.54) is 10.5 Å². The van der Waals surface area contributed by atoms with E-state index in [1.807, 2.05) is 61.5 Å². The molecule has 24 heavy (non-hydrogen) atoms. The number of anilines is 1. The Bertz CT molecular complexity index is 817. The number of nitrogens with zero attached hydrogens (tertiary/aromatic N) is 1. The van der Waals surface area contributed by atoms with Gasteiger partial charge in [0.1, 0.15) is 5.82 Å². The average Bonchev–Trinajstić information content (AvgIpc) is 2.63. The molecule has 3 aromatic rings. The Labute approximate surface area is 146 Å². The largest absolute Gasteiger partial charge is 0.306 e. The van der Waals surface area contributed by atoms with Crippen LogP contribution < -0.4 is 5.32 Å². The highest BCUT2D eigenvalue weighted by molar-refractivity contribution is 7.98. The highest BCUT2D eigenvalue weighted by atomic mass is 32.2. The van der Waals surface area contributed by atoms with Crippen molar-refractivity contribution >= 4 is 23.5 Å². The number of aryl methyl sites for hydroxylation is 1. The molecule has 0 radical (unpaired) electrons. The molecule has 0 spiro atoms. The average molecular weight is 334 g/mol. The fourth-order valence-electron chi connectivity index (χ4n) is 2.23. The SMILES string of the molecule is Cc1cccnc1NC(=O)c1ccc(CSc2ccccc2)cc1. The molecule has 0 saturated carbocycles. The second kappa shape index (κ2) is 7.79. The van der Waals surface area contributed by atoms with Crippen molar-refractivity contribution < 1.29 is 4.79 Å². The van der Waals surface area contributed by atoms with Gasteiger partial charge in [-0.05, 0) is 48.4 Å². The van der Waals surface area contributed by atoms with Gasteiger partial charge in [0.2, 0.25) is 0 Å². The fraction of sp³-hybridized carbons (Fsp3) is 0.100. The van der Waals surface area contributed by atoms with E-state index in [2.05, 4.69) is 22.4 Å². The summed E-state index contributed by atoms with van der Waals surface area (Å²) in [7, 11) is 0. The number of carbonyl (C=O) groups excluding carboxylic acids is 1. The molecule has 0 bridgehead atoms. The quantitative estimate of drug-likeness (QED) is 0.672. The van der Waals surface area contributed by atoms with Gasteiger partial charge in [0.25, 0.3) is 5.91 Å². The number of hydrogen-bond donors (Lipinski definition) is 1. The Morgan fingerprint density at radius 1 is 1.00 bits per heavy atom. The first kappa shape index (κ1) is 16.3. The number of nitrogens with one attached hydrogen (secondary N) is 1. The zero-order valence-corrected chi connectivity index (χ0v) is 14.2. The number of rotatable bonds is 5. The molecular weight excluding hydrogens is 316 g/mol. The van der Waals surface area contributed by atoms with Gasteiger partial charge in [-0.2, -0.15) is 0 Å². The normalized spacial score (nSPS) is 10.4. The van der Waals surface area contributed by atoms with Crippen LogP contribution in [0.4, 0.5) is 5.82 Å². The van der Waals surface area contributed by atoms with Gasteiger partial charge in [-0.25, -0.2) is 4.98 Å². The van der Waals surface area contributed by atoms with Gasteiger partial charge in [-0.3, -0.25) is 4.79 Å². The number of pyridine rings is 1. The molecule has 3 rings (SSSR count). The highest BCUT2D eigenvalue weighted by Crippen LogP contribution is 2.22. The molecule has 0 atom stereocenters. The summed E-state index contributed by atoms with van der Waals surface area (Å²) in [5.74, 6) is 1.34. The van der Waals surface area contributed by atoms with Crippen molar-refractivity contribution in [1.82, 2.24) is 4.98 Å². The van der Waals surface area contributed by atoms with Crippen LogP contribution >= 0.6 is 11.8 Å². The molecule has 2 aromatic carbocycles. The van der Waals surface area contributed by atoms with Gasteiger partial charge < -0.3 is 5.32 Å². The summed E-state index contributed by atoms with van der Waals surface area (Å²) in [6.45, 7) is 1.92. The molecule has 0 unspecified atom stereocenters. The van der Waals surface area contributed by atoms with Crippen LogP contribution in [-0.4, -0.2) is 10.9 Å². The third-order valence-corrected chi connectivity index (χ3v) is 4.69. The van der Waals surface area contributed by atoms with Crippen LogP contribution in [0.2, 0.25) is 0 Å². The second-order valence-electron chi connectivity index (χ2n) is 5.42. The number of thioether (sulfide) groups is 1. The predicted molar refractivity (Wildman–Crippen MR) is 99.4 cm³/mol. The lowest BCUT2D eigenvalue weighted by Crippen LogP contribution is -2.13. The van der Waals surface area contributed by atoms with Crippen LogP contribution in [-0.2, 0) is 5.75 Å². The maximum atomic E-state index is 12.3. The smallest absolute Gasteiger partial charge is 0.256 e. The molecule has 0 aliphatic heterocycles. The summed E-state index contributed by atoms with van der Waals surface area (Å²) < 4.78 is 0. The maximum Gasteiger partial charge on any atom is 0.256 e. The molecule has 1 heterocycles. The molecule has 3 nitrogen and oxygen atoms in total. The summed E-state index contributed by atoms with van der Waals surface area (Å²) in [4.78, 5) is 17.7. The lowest BCUT2D eigenvalue weighted by Gasteiger charge is -2.07. The van der Waals surface area contributed by atoms with Gasteiger partial charge in [0.15, 0.2) is 0 Å². The predicted octanol–water partition coefficient (Wildman–Crippen LogP) is 4.93. The standard InChI is InChI=1S/C20H18N2OS/c1-15-6-5-13-21-19(15)22-20(23)17-11-9-16(10-12-17)14-24-18-7-3-2-4-8-18/h2-13H,14H2,1H3,(H,21,22,23). The third kappa shape index (κ3) is 4.24. The first-order chi connectivity index (χ1) is 11.7. The lowest BCUT2D eigenvalue weighted by molar-refractivity contribution is 0.102. The Hall–Kier alpha value is -2.59. The molecule has 1 amide bonds. The minimum absolute atomic E-state index is 0.140. The van der Waals surface area contributed by atoms with Crippen molar-refractivity contribution in [1.29, 1.82) is 0 Å². The van der Waals surface area contributed by atoms with E-state index in [4.69, 9.17) is 0 Å². The van der Waals surface area contributed by atoms with Crippen LogP contribution in [0.25, 0.3) is 0 Å². The molecular formula is C20H18N2OS. The van der Waals surface area contributed by atoms with Crippen molar-refractivity contribution in [3.63, 3.8) is 0 Å². The van der Waals surface area contributed by atoms with Crippen LogP contribution in [0.1, 0.15) is 21.5 Å². The van der Waals surface area contributed by atoms with Gasteiger partial charge in [-0.1, -0.05) is 36.4 Å². The Morgan fingerprint density at radius 2 is 1.75 bits per heavy atom. The van der Waals surface area contributed by atoms with Crippen LogP contribution in [0.3, 0.4) is 0 Å². The van der Waals surface area contributed by atoms with Crippen LogP contribution in [0.15, 0.2) is 77.8 Å². The second-order valence-corrected chi connectivity index (χ2v) is 6.47. The first-order valence-corrected chi connectivity index (χ1v) is 8.71. The molecule has 1 aromatic heterocycles. The number of hydrogen-bond acceptors (Lipinski definition) is 3. The summed E-state index contributed by atoms with van der Waals surface area (Å²) in [5.41, 5.74) is 2.77. The van der Waals surface area contributed by atoms with Gasteiger partial charge in [0.05, 0.1) is 0 Å². The summed E-state index contributed by atoms with van der Waals surface area (Å²) in [5, 5.41) is 2.85. The summed E-state index contributed by atoms with van der Waals surface area (Å²) in [6, 6.07) is 21.8. The minimum atomic E-state index is -0.140. The third-order valence-electron chi connectivity index (χ3n) is 3.61. The highest BCUT2D eigenvalue weighted by Gasteiger charge is 2.08. The van der Waals surface area contributed by atoms with E-state index in [9.17, 15) is 4.79 Å². The van der Waals surface area contributed by atoms with Gasteiger partial charge in [0, 0.05) is 22.4 Å². The van der Waals surface area contributed by atoms with Crippen LogP contribution in [0, 0.1) is 6.92 Å². The number of benzene rings is 2. The van der Waals surface area contributed by atoms with E-state index in [-0.39, 0.29) is 5.91 Å². The van der Waals surface area contributed by atoms with Crippen molar-refractivity contribution in [2.45, 2.75) is 17.6 Å². The monoisotopic (exact) mass is 334 g/mol. The van der Waals surface area contributed by atoms with Gasteiger partial charge in [-0.15, -0.1) is 11.8 Å². The first-order valence-electron chi connectivity index (χ1n) is 7.72. The summed E-state index contributed by atoms with van der Waals surface area (Å²) in [6.07, 6.45) is 1.67. The topological polar surface area (TPSA) is 42.0 Å². The lowest BCUT2D eigenvalue weighted by atomic mass is 10.1. The molecule has 0 aliphatic carbocycles. The molecule has 1 N–H and O–H groups in total. The Morgan fingerprint density at radius 3 is 2.46 bits per heavy atom. The molecule has 120 valence electrons. The van der Waals surface area contributed by atoms with Crippen molar-refractivity contribution in [2.24, 2.45) is 0 Å². The minimum Gasteiger partial charge on any atom is -0.306 e. The van der Waals surface area contributed by atoms with E-state index in [0.29, 0.717) is 11.4 Å². The fourth-order valence-corrected chi connectivity index (χ4v) is 3.11. The van der Waals surface area contributed by atoms with E-state index < -0.39 is 0 Å². The zero-order chi connectivity index (χ0) is 16.8. The summed E-state index contributed by atoms with van der Waals surface area (Å²) >= 11 is 1.78. The molecule has 4 heteroatoms. The van der Waals surface area contributed by atoms with Crippen LogP contribution in [0.5, 0.6) is 0 Å². The number of carbonyl (C=O) groups is 1. The molecule has 0 saturated heterocycles. The van der Waals surface area contributed by atoms with Gasteiger partial charge >= 0.3 is 0 Å². The Kier molecular flexibility index (Phi) is 5.29. The molecule has 0 fully saturated rings. The zero-order valence-electron chi connectivity index (χ0n) is 13.4. The van der Waals surface area contributed by atoms with Crippen molar-refractivity contribution in [2.75, 3.05) is 5.32 Å². The molecule has 0 aliphatic rings. The van der Waals surface area contributed by atoms with Crippen molar-refractivity contribution in [3.8, 4) is 0 Å². The number of aromatic nitrogens is 1. The van der Waals surface area contributed by atoms with Crippen molar-refractivity contribution in [3.05, 3.63) is 89.6 Å². The van der Waals surface area contributed by atoms with E-state index in [1.54, 1.807) is 18.0 Å². The van der Waals surface area contributed by atoms with E-state index >= 15 is 0 Å². The van der Waals surface area contributed by atoms with E-state index in [0.717, 1.165) is 11.3 Å². The maximum absolute atomic E-state index is 12.3. The number of amides is 1.